The number of nitrogens with one attached hydrogen (secondary N) is 4. The average molecular weight is 620 g/mol. The van der Waals surface area contributed by atoms with E-state index in [1.807, 2.05) is 58.0 Å². The Balaban J connectivity index is 0.000000860. The first-order valence-electron chi connectivity index (χ1n) is 13.3. The van der Waals surface area contributed by atoms with Crippen molar-refractivity contribution >= 4 is 29.1 Å². The number of hydrogen-bond donors (Lipinski definition) is 6. The predicted molar refractivity (Wildman–Crippen MR) is 160 cm³/mol. The molecule has 0 saturated carbocycles. The summed E-state index contributed by atoms with van der Waals surface area (Å²) in [6, 6.07) is 18.9. The molecule has 3 rings (SSSR count). The van der Waals surface area contributed by atoms with Gasteiger partial charge >= 0.3 is 12.1 Å². The molecule has 0 aromatic heterocycles. The van der Waals surface area contributed by atoms with Crippen LogP contribution in [0.2, 0.25) is 0 Å². The van der Waals surface area contributed by atoms with Crippen LogP contribution in [0.4, 0.5) is 24.5 Å². The molecule has 0 aliphatic carbocycles. The zero-order valence-electron chi connectivity index (χ0n) is 24.8. The lowest BCUT2D eigenvalue weighted by molar-refractivity contribution is -0.192. The summed E-state index contributed by atoms with van der Waals surface area (Å²) in [6.07, 6.45) is -5.21. The molecule has 11 nitrogen and oxygen atoms in total. The Morgan fingerprint density at radius 2 is 1.45 bits per heavy atom. The Morgan fingerprint density at radius 1 is 0.886 bits per heavy atom. The summed E-state index contributed by atoms with van der Waals surface area (Å²) in [5.41, 5.74) is 13.9. The molecule has 0 saturated heterocycles. The molecule has 7 N–H and O–H groups in total. The number of hydrogen-bond acceptors (Lipinski definition) is 8. The highest BCUT2D eigenvalue weighted by Crippen LogP contribution is 2.33. The molecule has 0 heterocycles. The topological polar surface area (TPSA) is 168 Å². The number of ether oxygens (including phenoxy) is 3. The Bertz CT molecular complexity index is 1420. The molecule has 1 atom stereocenters. The summed E-state index contributed by atoms with van der Waals surface area (Å²) in [5.74, 6) is -1.38. The number of carboxylic acids is 1. The van der Waals surface area contributed by atoms with Crippen LogP contribution >= 0.6 is 0 Å². The van der Waals surface area contributed by atoms with Crippen molar-refractivity contribution in [2.24, 2.45) is 5.73 Å². The highest BCUT2D eigenvalue weighted by Gasteiger charge is 2.38. The lowest BCUT2D eigenvalue weighted by Gasteiger charge is -2.23. The van der Waals surface area contributed by atoms with Gasteiger partial charge in [0.15, 0.2) is 11.5 Å². The van der Waals surface area contributed by atoms with Gasteiger partial charge in [-0.25, -0.2) is 4.79 Å². The second-order valence-electron chi connectivity index (χ2n) is 9.73. The van der Waals surface area contributed by atoms with E-state index in [0.29, 0.717) is 39.8 Å². The van der Waals surface area contributed by atoms with E-state index in [0.717, 1.165) is 0 Å². The lowest BCUT2D eigenvalue weighted by Crippen LogP contribution is -2.37. The third-order valence-corrected chi connectivity index (χ3v) is 5.47. The molecule has 238 valence electrons. The van der Waals surface area contributed by atoms with Gasteiger partial charge in [0, 0.05) is 11.3 Å². The normalized spacial score (nSPS) is 11.5. The lowest BCUT2D eigenvalue weighted by atomic mass is 10.0. The number of carbonyl (C=O) groups is 2. The van der Waals surface area contributed by atoms with Crippen molar-refractivity contribution in [3.63, 3.8) is 0 Å². The maximum Gasteiger partial charge on any atom is 0.490 e. The average Bonchev–Trinajstić information content (AvgIpc) is 2.95. The quantitative estimate of drug-likeness (QED) is 0.0873. The minimum absolute atomic E-state index is 0.0296. The van der Waals surface area contributed by atoms with Crippen LogP contribution in [-0.4, -0.2) is 48.3 Å². The summed E-state index contributed by atoms with van der Waals surface area (Å²) < 4.78 is 49.0. The van der Waals surface area contributed by atoms with Crippen LogP contribution in [-0.2, 0) is 9.59 Å². The van der Waals surface area contributed by atoms with Crippen LogP contribution in [0, 0.1) is 5.41 Å². The number of nitrogens with two attached hydrogens (primary N) is 1. The highest BCUT2D eigenvalue weighted by molar-refractivity contribution is 5.95. The molecule has 1 amide bonds. The third kappa shape index (κ3) is 10.9. The second-order valence-corrected chi connectivity index (χ2v) is 9.73. The molecule has 0 bridgehead atoms. The van der Waals surface area contributed by atoms with Crippen LogP contribution in [0.25, 0.3) is 0 Å². The van der Waals surface area contributed by atoms with E-state index in [4.69, 9.17) is 35.3 Å². The number of amidine groups is 1. The van der Waals surface area contributed by atoms with Gasteiger partial charge in [-0.05, 0) is 81.8 Å². The maximum absolute atomic E-state index is 13.5. The van der Waals surface area contributed by atoms with Gasteiger partial charge in [0.05, 0.1) is 25.0 Å². The van der Waals surface area contributed by atoms with E-state index in [-0.39, 0.29) is 24.0 Å². The number of carbonyl (C=O) groups excluding carboxylic acids is 1. The number of para-hydroxylation sites is 2. The fourth-order valence-corrected chi connectivity index (χ4v) is 3.56. The van der Waals surface area contributed by atoms with Crippen molar-refractivity contribution in [2.75, 3.05) is 17.9 Å². The van der Waals surface area contributed by atoms with E-state index in [1.54, 1.807) is 43.5 Å². The molecular formula is C30H36F3N5O6. The number of benzene rings is 3. The second kappa shape index (κ2) is 15.9. The minimum atomic E-state index is -5.08. The minimum Gasteiger partial charge on any atom is -0.495 e. The van der Waals surface area contributed by atoms with Crippen LogP contribution in [0.3, 0.4) is 0 Å². The van der Waals surface area contributed by atoms with Crippen LogP contribution in [0.5, 0.6) is 17.2 Å². The van der Waals surface area contributed by atoms with Crippen LogP contribution < -0.4 is 36.1 Å². The Labute approximate surface area is 253 Å². The predicted octanol–water partition coefficient (Wildman–Crippen LogP) is 5.48. The largest absolute Gasteiger partial charge is 0.495 e. The van der Waals surface area contributed by atoms with E-state index in [1.165, 1.54) is 0 Å². The number of aliphatic carboxylic acids is 1. The molecule has 0 fully saturated rings. The van der Waals surface area contributed by atoms with Crippen molar-refractivity contribution < 1.29 is 42.1 Å². The smallest absolute Gasteiger partial charge is 0.490 e. The number of halogens is 3. The Hall–Kier alpha value is -5.14. The number of hydrazine groups is 1. The van der Waals surface area contributed by atoms with Gasteiger partial charge in [0.1, 0.15) is 17.6 Å². The van der Waals surface area contributed by atoms with Crippen molar-refractivity contribution in [1.82, 2.24) is 5.43 Å². The van der Waals surface area contributed by atoms with Crippen molar-refractivity contribution in [3.8, 4) is 17.2 Å². The summed E-state index contributed by atoms with van der Waals surface area (Å²) in [7, 11) is 1.56. The van der Waals surface area contributed by atoms with Crippen LogP contribution in [0.1, 0.15) is 44.9 Å². The zero-order valence-corrected chi connectivity index (χ0v) is 24.8. The fraction of sp³-hybridized carbons (Fsp3) is 0.300. The summed E-state index contributed by atoms with van der Waals surface area (Å²) in [4.78, 5) is 22.4. The first kappa shape index (κ1) is 35.1. The van der Waals surface area contributed by atoms with Gasteiger partial charge in [0.2, 0.25) is 0 Å². The molecule has 1 unspecified atom stereocenters. The molecule has 0 radical (unpaired) electrons. The van der Waals surface area contributed by atoms with Gasteiger partial charge in [-0.1, -0.05) is 18.2 Å². The molecule has 0 spiro atoms. The number of carboxylic acid groups (broad SMARTS) is 1. The van der Waals surface area contributed by atoms with Gasteiger partial charge in [0.25, 0.3) is 5.91 Å². The van der Waals surface area contributed by atoms with E-state index < -0.39 is 18.2 Å². The van der Waals surface area contributed by atoms with E-state index in [2.05, 4.69) is 16.2 Å². The summed E-state index contributed by atoms with van der Waals surface area (Å²) in [6.45, 7) is 7.75. The Kier molecular flexibility index (Phi) is 12.7. The standard InChI is InChI=1S/C28H35N5O4.C2HF3O2/c1-17(2)36-24-15-12-20(16-25(24)37-18(3)4)26(31-21-13-10-19(11-14-21)27(29)30)28(34)33-32-22-8-6-7-9-23(22)35-5;3-2(4,5)1(6)7/h6-18,26,31-32H,1-5H3,(H3,29,30)(H,33,34);(H,6,7). The zero-order chi connectivity index (χ0) is 33.0. The maximum atomic E-state index is 13.5. The van der Waals surface area contributed by atoms with E-state index in [9.17, 15) is 18.0 Å². The van der Waals surface area contributed by atoms with Gasteiger partial charge in [-0.2, -0.15) is 13.2 Å². The molecule has 14 heteroatoms. The van der Waals surface area contributed by atoms with Gasteiger partial charge in [-0.15, -0.1) is 0 Å². The molecule has 44 heavy (non-hydrogen) atoms. The van der Waals surface area contributed by atoms with Crippen molar-refractivity contribution in [1.29, 1.82) is 5.41 Å². The number of amides is 1. The number of anilines is 2. The van der Waals surface area contributed by atoms with Crippen molar-refractivity contribution in [3.05, 3.63) is 77.9 Å². The first-order chi connectivity index (χ1) is 20.6. The highest BCUT2D eigenvalue weighted by atomic mass is 19.4. The molecule has 3 aromatic carbocycles. The monoisotopic (exact) mass is 619 g/mol. The number of methoxy groups -OCH3 is 1. The van der Waals surface area contributed by atoms with Gasteiger partial charge < -0.3 is 30.4 Å². The van der Waals surface area contributed by atoms with Crippen LogP contribution in [0.15, 0.2) is 66.7 Å². The third-order valence-electron chi connectivity index (χ3n) is 5.47. The summed E-state index contributed by atoms with van der Waals surface area (Å²) in [5, 5.41) is 18.0. The molecule has 3 aromatic rings. The van der Waals surface area contributed by atoms with E-state index >= 15 is 0 Å². The molecular weight excluding hydrogens is 583 g/mol. The molecule has 0 aliphatic heterocycles. The Morgan fingerprint density at radius 3 is 1.98 bits per heavy atom. The first-order valence-corrected chi connectivity index (χ1v) is 13.3. The SMILES string of the molecule is COc1ccccc1NNC(=O)C(Nc1ccc(C(=N)N)cc1)c1ccc(OC(C)C)c(OC(C)C)c1.O=C(O)C(F)(F)F. The number of nitrogen functional groups attached to an aromatic ring is 1. The molecule has 0 aliphatic rings. The fourth-order valence-electron chi connectivity index (χ4n) is 3.56. The van der Waals surface area contributed by atoms with Crippen molar-refractivity contribution in [2.45, 2.75) is 52.1 Å². The summed E-state index contributed by atoms with van der Waals surface area (Å²) >= 11 is 0. The number of alkyl halides is 3. The number of rotatable bonds is 12. The van der Waals surface area contributed by atoms with Gasteiger partial charge in [-0.3, -0.25) is 21.1 Å².